The van der Waals surface area contributed by atoms with Crippen molar-refractivity contribution in [1.82, 2.24) is 10.1 Å². The summed E-state index contributed by atoms with van der Waals surface area (Å²) in [6.07, 6.45) is 0. The molecule has 0 aliphatic carbocycles. The highest BCUT2D eigenvalue weighted by Gasteiger charge is 2.09. The molecule has 2 amide bonds. The molecule has 0 saturated carbocycles. The maximum Gasteiger partial charge on any atom is 0.318 e. The summed E-state index contributed by atoms with van der Waals surface area (Å²) in [6.45, 7) is 0.204. The van der Waals surface area contributed by atoms with E-state index in [-0.39, 0.29) is 6.54 Å². The number of carbonyl (C=O) groups excluding carboxylic acids is 1. The zero-order chi connectivity index (χ0) is 13.1. The zero-order valence-corrected chi connectivity index (χ0v) is 9.83. The lowest BCUT2D eigenvalue weighted by molar-refractivity contribution is 0.255. The highest BCUT2D eigenvalue weighted by molar-refractivity contribution is 5.90. The Kier molecular flexibility index (Phi) is 3.24. The molecule has 0 atom stereocenters. The van der Waals surface area contributed by atoms with E-state index in [1.165, 1.54) is 4.90 Å². The summed E-state index contributed by atoms with van der Waals surface area (Å²) < 4.78 is 4.91. The molecular formula is C11H13N5O2. The molecule has 0 saturated heterocycles. The van der Waals surface area contributed by atoms with Gasteiger partial charge in [-0.15, -0.1) is 0 Å². The molecule has 0 aliphatic heterocycles. The number of amides is 2. The largest absolute Gasteiger partial charge is 0.351 e. The van der Waals surface area contributed by atoms with E-state index in [1.807, 2.05) is 0 Å². The summed E-state index contributed by atoms with van der Waals surface area (Å²) >= 11 is 0. The Morgan fingerprint density at radius 3 is 2.56 bits per heavy atom. The monoisotopic (exact) mass is 247 g/mol. The zero-order valence-electron chi connectivity index (χ0n) is 9.83. The van der Waals surface area contributed by atoms with Crippen molar-refractivity contribution in [2.75, 3.05) is 11.9 Å². The number of nitrogens with two attached hydrogens (primary N) is 2. The highest BCUT2D eigenvalue weighted by atomic mass is 16.5. The van der Waals surface area contributed by atoms with E-state index in [0.29, 0.717) is 17.4 Å². The van der Waals surface area contributed by atoms with Crippen molar-refractivity contribution in [2.24, 2.45) is 11.5 Å². The van der Waals surface area contributed by atoms with E-state index < -0.39 is 6.03 Å². The molecule has 2 rings (SSSR count). The molecule has 4 N–H and O–H groups in total. The van der Waals surface area contributed by atoms with Crippen LogP contribution in [0.1, 0.15) is 5.89 Å². The maximum absolute atomic E-state index is 11.0. The van der Waals surface area contributed by atoms with Crippen LogP contribution in [0.2, 0.25) is 0 Å². The number of urea groups is 1. The first kappa shape index (κ1) is 12.1. The van der Waals surface area contributed by atoms with Crippen LogP contribution in [0.4, 0.5) is 10.5 Å². The smallest absolute Gasteiger partial charge is 0.318 e. The third-order valence-electron chi connectivity index (χ3n) is 2.49. The number of benzene rings is 1. The Labute approximate surface area is 103 Å². The van der Waals surface area contributed by atoms with Crippen LogP contribution in [0.5, 0.6) is 0 Å². The van der Waals surface area contributed by atoms with Crippen molar-refractivity contribution < 1.29 is 9.32 Å². The lowest BCUT2D eigenvalue weighted by atomic mass is 10.2. The van der Waals surface area contributed by atoms with Crippen LogP contribution in [0.15, 0.2) is 28.8 Å². The second-order valence-electron chi connectivity index (χ2n) is 3.66. The lowest BCUT2D eigenvalue weighted by Gasteiger charge is -2.13. The minimum absolute atomic E-state index is 0.204. The molecule has 1 aromatic heterocycles. The van der Waals surface area contributed by atoms with Crippen molar-refractivity contribution in [2.45, 2.75) is 6.54 Å². The number of carbonyl (C=O) groups is 1. The van der Waals surface area contributed by atoms with Gasteiger partial charge in [-0.25, -0.2) is 4.79 Å². The van der Waals surface area contributed by atoms with Gasteiger partial charge in [0.15, 0.2) is 0 Å². The molecule has 0 radical (unpaired) electrons. The average Bonchev–Trinajstić information content (AvgIpc) is 2.86. The summed E-state index contributed by atoms with van der Waals surface area (Å²) in [5, 5.41) is 3.80. The molecule has 0 fully saturated rings. The number of hydrogen-bond acceptors (Lipinski definition) is 5. The van der Waals surface area contributed by atoms with Gasteiger partial charge in [0.2, 0.25) is 11.7 Å². The molecule has 1 aromatic carbocycles. The predicted molar refractivity (Wildman–Crippen MR) is 65.6 cm³/mol. The number of rotatable bonds is 3. The van der Waals surface area contributed by atoms with E-state index >= 15 is 0 Å². The van der Waals surface area contributed by atoms with Crippen LogP contribution in [-0.4, -0.2) is 23.2 Å². The van der Waals surface area contributed by atoms with Crippen molar-refractivity contribution in [3.63, 3.8) is 0 Å². The molecule has 7 nitrogen and oxygen atoms in total. The molecular weight excluding hydrogens is 234 g/mol. The first-order valence-electron chi connectivity index (χ1n) is 5.28. The van der Waals surface area contributed by atoms with Crippen LogP contribution in [0, 0.1) is 0 Å². The number of aromatic nitrogens is 2. The predicted octanol–water partition coefficient (Wildman–Crippen LogP) is 0.710. The van der Waals surface area contributed by atoms with E-state index in [1.54, 1.807) is 31.3 Å². The van der Waals surface area contributed by atoms with Crippen molar-refractivity contribution in [1.29, 1.82) is 0 Å². The summed E-state index contributed by atoms with van der Waals surface area (Å²) in [5.41, 5.74) is 12.0. The Morgan fingerprint density at radius 1 is 1.39 bits per heavy atom. The fraction of sp³-hybridized carbons (Fsp3) is 0.182. The van der Waals surface area contributed by atoms with Gasteiger partial charge in [-0.3, -0.25) is 4.90 Å². The average molecular weight is 247 g/mol. The van der Waals surface area contributed by atoms with E-state index in [4.69, 9.17) is 16.0 Å². The molecule has 18 heavy (non-hydrogen) atoms. The van der Waals surface area contributed by atoms with Gasteiger partial charge in [0.1, 0.15) is 0 Å². The van der Waals surface area contributed by atoms with Gasteiger partial charge >= 0.3 is 6.03 Å². The minimum Gasteiger partial charge on any atom is -0.351 e. The normalized spacial score (nSPS) is 10.3. The third kappa shape index (κ3) is 2.30. The van der Waals surface area contributed by atoms with Gasteiger partial charge in [-0.2, -0.15) is 4.98 Å². The van der Waals surface area contributed by atoms with Gasteiger partial charge in [-0.05, 0) is 24.3 Å². The quantitative estimate of drug-likeness (QED) is 0.829. The maximum atomic E-state index is 11.0. The fourth-order valence-electron chi connectivity index (χ4n) is 1.42. The Morgan fingerprint density at radius 2 is 2.06 bits per heavy atom. The fourth-order valence-corrected chi connectivity index (χ4v) is 1.42. The third-order valence-corrected chi connectivity index (χ3v) is 2.49. The summed E-state index contributed by atoms with van der Waals surface area (Å²) in [6, 6.07) is 6.53. The molecule has 0 spiro atoms. The van der Waals surface area contributed by atoms with Gasteiger partial charge in [0.05, 0.1) is 6.54 Å². The topological polar surface area (TPSA) is 111 Å². The number of primary amides is 1. The van der Waals surface area contributed by atoms with Gasteiger partial charge < -0.3 is 16.0 Å². The molecule has 0 unspecified atom stereocenters. The van der Waals surface area contributed by atoms with Crippen LogP contribution in [0.25, 0.3) is 11.4 Å². The second-order valence-corrected chi connectivity index (χ2v) is 3.66. The van der Waals surface area contributed by atoms with Crippen LogP contribution in [0.3, 0.4) is 0 Å². The highest BCUT2D eigenvalue weighted by Crippen LogP contribution is 2.20. The first-order chi connectivity index (χ1) is 8.61. The van der Waals surface area contributed by atoms with Crippen molar-refractivity contribution >= 4 is 11.7 Å². The summed E-state index contributed by atoms with van der Waals surface area (Å²) in [7, 11) is 1.60. The number of anilines is 1. The molecule has 1 heterocycles. The lowest BCUT2D eigenvalue weighted by Crippen LogP contribution is -2.31. The molecule has 0 bridgehead atoms. The Hall–Kier alpha value is -2.41. The number of hydrogen-bond donors (Lipinski definition) is 2. The standard InChI is InChI=1S/C11H13N5O2/c1-16(11(13)17)8-4-2-7(3-5-8)10-14-9(6-12)18-15-10/h2-5H,6,12H2,1H3,(H2,13,17). The second kappa shape index (κ2) is 4.84. The van der Waals surface area contributed by atoms with Crippen LogP contribution in [-0.2, 0) is 6.54 Å². The SMILES string of the molecule is CN(C(N)=O)c1ccc(-c2noc(CN)n2)cc1. The summed E-state index contributed by atoms with van der Waals surface area (Å²) in [4.78, 5) is 16.4. The van der Waals surface area contributed by atoms with Crippen LogP contribution < -0.4 is 16.4 Å². The van der Waals surface area contributed by atoms with Gasteiger partial charge in [-0.1, -0.05) is 5.16 Å². The molecule has 94 valence electrons. The van der Waals surface area contributed by atoms with Gasteiger partial charge in [0.25, 0.3) is 0 Å². The van der Waals surface area contributed by atoms with E-state index in [2.05, 4.69) is 10.1 Å². The van der Waals surface area contributed by atoms with Crippen molar-refractivity contribution in [3.05, 3.63) is 30.2 Å². The number of nitrogens with zero attached hydrogens (tertiary/aromatic N) is 3. The van der Waals surface area contributed by atoms with Crippen LogP contribution >= 0.6 is 0 Å². The summed E-state index contributed by atoms with van der Waals surface area (Å²) in [5.74, 6) is 0.840. The molecule has 0 aliphatic rings. The molecule has 7 heteroatoms. The van der Waals surface area contributed by atoms with Crippen molar-refractivity contribution in [3.8, 4) is 11.4 Å². The molecule has 2 aromatic rings. The van der Waals surface area contributed by atoms with E-state index in [0.717, 1.165) is 5.56 Å². The Bertz CT molecular complexity index is 549. The minimum atomic E-state index is -0.521. The Balaban J connectivity index is 2.24. The van der Waals surface area contributed by atoms with E-state index in [9.17, 15) is 4.79 Å². The van der Waals surface area contributed by atoms with Gasteiger partial charge in [0, 0.05) is 18.3 Å². The first-order valence-corrected chi connectivity index (χ1v) is 5.28.